The maximum atomic E-state index is 13.8. The van der Waals surface area contributed by atoms with Gasteiger partial charge in [0, 0.05) is 24.0 Å². The van der Waals surface area contributed by atoms with Gasteiger partial charge in [0.1, 0.15) is 10.8 Å². The Balaban J connectivity index is 1.49. The average Bonchev–Trinajstić information content (AvgIpc) is 3.30. The Kier molecular flexibility index (Phi) is 5.89. The quantitative estimate of drug-likeness (QED) is 0.693. The van der Waals surface area contributed by atoms with Gasteiger partial charge < -0.3 is 20.1 Å². The maximum Gasteiger partial charge on any atom is 0.315 e. The third-order valence-corrected chi connectivity index (χ3v) is 6.30. The van der Waals surface area contributed by atoms with E-state index in [9.17, 15) is 9.18 Å². The van der Waals surface area contributed by atoms with Crippen molar-refractivity contribution < 1.29 is 18.7 Å². The summed E-state index contributed by atoms with van der Waals surface area (Å²) in [5, 5.41) is 8.93. The van der Waals surface area contributed by atoms with E-state index in [1.54, 1.807) is 24.5 Å². The highest BCUT2D eigenvalue weighted by Gasteiger charge is 2.38. The second-order valence-electron chi connectivity index (χ2n) is 7.27. The molecule has 1 aromatic heterocycles. The predicted molar refractivity (Wildman–Crippen MR) is 105 cm³/mol. The SMILES string of the molecule is COCCOCc1cc(F)ccc1-c1nc(C2CCC3NC(=O)NC3C2)cs1. The summed E-state index contributed by atoms with van der Waals surface area (Å²) in [6.07, 6.45) is 2.85. The van der Waals surface area contributed by atoms with Crippen molar-refractivity contribution in [2.75, 3.05) is 20.3 Å². The average molecular weight is 405 g/mol. The van der Waals surface area contributed by atoms with Gasteiger partial charge in [0.05, 0.1) is 37.6 Å². The Labute approximate surface area is 167 Å². The van der Waals surface area contributed by atoms with Crippen molar-refractivity contribution in [2.45, 2.75) is 43.9 Å². The number of benzene rings is 1. The second kappa shape index (κ2) is 8.55. The van der Waals surface area contributed by atoms with Crippen molar-refractivity contribution in [3.8, 4) is 10.6 Å². The molecule has 4 rings (SSSR count). The molecule has 6 nitrogen and oxygen atoms in total. The molecule has 2 aromatic rings. The lowest BCUT2D eigenvalue weighted by Gasteiger charge is -2.29. The number of methoxy groups -OCH3 is 1. The monoisotopic (exact) mass is 405 g/mol. The number of thiazole rings is 1. The number of halogens is 1. The number of fused-ring (bicyclic) bond motifs is 1. The van der Waals surface area contributed by atoms with E-state index in [0.717, 1.165) is 41.1 Å². The highest BCUT2D eigenvalue weighted by Crippen LogP contribution is 2.37. The number of carbonyl (C=O) groups excluding carboxylic acids is 1. The first-order valence-corrected chi connectivity index (χ1v) is 10.4. The Hall–Kier alpha value is -2.03. The Morgan fingerprint density at radius 3 is 2.96 bits per heavy atom. The van der Waals surface area contributed by atoms with Crippen LogP contribution in [0.4, 0.5) is 9.18 Å². The van der Waals surface area contributed by atoms with Crippen LogP contribution in [0.25, 0.3) is 10.6 Å². The van der Waals surface area contributed by atoms with Crippen molar-refractivity contribution in [2.24, 2.45) is 0 Å². The summed E-state index contributed by atoms with van der Waals surface area (Å²) >= 11 is 1.57. The third-order valence-electron chi connectivity index (χ3n) is 5.41. The van der Waals surface area contributed by atoms with Crippen LogP contribution in [0.3, 0.4) is 0 Å². The van der Waals surface area contributed by atoms with E-state index in [1.165, 1.54) is 12.1 Å². The number of amides is 2. The molecular weight excluding hydrogens is 381 g/mol. The fraction of sp³-hybridized carbons (Fsp3) is 0.500. The zero-order chi connectivity index (χ0) is 19.5. The van der Waals surface area contributed by atoms with Gasteiger partial charge in [0.2, 0.25) is 0 Å². The van der Waals surface area contributed by atoms with Crippen LogP contribution in [0.5, 0.6) is 0 Å². The van der Waals surface area contributed by atoms with Gasteiger partial charge in [-0.15, -0.1) is 11.3 Å². The van der Waals surface area contributed by atoms with Gasteiger partial charge >= 0.3 is 6.03 Å². The Morgan fingerprint density at radius 1 is 1.25 bits per heavy atom. The van der Waals surface area contributed by atoms with E-state index in [-0.39, 0.29) is 23.9 Å². The molecule has 2 aliphatic rings. The molecule has 2 N–H and O–H groups in total. The zero-order valence-corrected chi connectivity index (χ0v) is 16.6. The van der Waals surface area contributed by atoms with E-state index in [2.05, 4.69) is 16.0 Å². The van der Waals surface area contributed by atoms with Crippen LogP contribution in [0.15, 0.2) is 23.6 Å². The zero-order valence-electron chi connectivity index (χ0n) is 15.7. The molecule has 2 amide bonds. The molecule has 2 heterocycles. The molecule has 1 aromatic carbocycles. The third kappa shape index (κ3) is 4.19. The van der Waals surface area contributed by atoms with Crippen LogP contribution in [0.1, 0.15) is 36.4 Å². The van der Waals surface area contributed by atoms with Crippen LogP contribution in [-0.4, -0.2) is 43.4 Å². The van der Waals surface area contributed by atoms with E-state index in [0.29, 0.717) is 25.7 Å². The van der Waals surface area contributed by atoms with Gasteiger partial charge in [-0.25, -0.2) is 14.2 Å². The molecule has 28 heavy (non-hydrogen) atoms. The van der Waals surface area contributed by atoms with Gasteiger partial charge in [0.15, 0.2) is 0 Å². The lowest BCUT2D eigenvalue weighted by Crippen LogP contribution is -2.38. The van der Waals surface area contributed by atoms with Crippen LogP contribution in [0.2, 0.25) is 0 Å². The van der Waals surface area contributed by atoms with Gasteiger partial charge in [-0.3, -0.25) is 0 Å². The van der Waals surface area contributed by atoms with Crippen LogP contribution in [-0.2, 0) is 16.1 Å². The summed E-state index contributed by atoms with van der Waals surface area (Å²) in [4.78, 5) is 16.4. The predicted octanol–water partition coefficient (Wildman–Crippen LogP) is 3.43. The van der Waals surface area contributed by atoms with Gasteiger partial charge in [-0.1, -0.05) is 0 Å². The smallest absolute Gasteiger partial charge is 0.315 e. The number of carbonyl (C=O) groups is 1. The van der Waals surface area contributed by atoms with E-state index >= 15 is 0 Å². The second-order valence-corrected chi connectivity index (χ2v) is 8.12. The van der Waals surface area contributed by atoms with Gasteiger partial charge in [-0.05, 0) is 43.0 Å². The van der Waals surface area contributed by atoms with Crippen molar-refractivity contribution in [1.82, 2.24) is 15.6 Å². The van der Waals surface area contributed by atoms with E-state index in [1.807, 2.05) is 0 Å². The Morgan fingerprint density at radius 2 is 2.11 bits per heavy atom. The topological polar surface area (TPSA) is 72.5 Å². The molecule has 1 aliphatic carbocycles. The van der Waals surface area contributed by atoms with Gasteiger partial charge in [0.25, 0.3) is 0 Å². The number of urea groups is 1. The summed E-state index contributed by atoms with van der Waals surface area (Å²) < 4.78 is 24.3. The molecule has 1 saturated heterocycles. The minimum Gasteiger partial charge on any atom is -0.382 e. The van der Waals surface area contributed by atoms with E-state index < -0.39 is 0 Å². The lowest BCUT2D eigenvalue weighted by atomic mass is 9.82. The number of hydrogen-bond donors (Lipinski definition) is 2. The number of ether oxygens (including phenoxy) is 2. The molecule has 1 saturated carbocycles. The number of nitrogens with zero attached hydrogens (tertiary/aromatic N) is 1. The fourth-order valence-electron chi connectivity index (χ4n) is 3.96. The molecular formula is C20H24FN3O3S. The molecule has 0 bridgehead atoms. The van der Waals surface area contributed by atoms with Crippen LogP contribution in [0, 0.1) is 5.82 Å². The Bertz CT molecular complexity index is 844. The van der Waals surface area contributed by atoms with Gasteiger partial charge in [-0.2, -0.15) is 0 Å². The first kappa shape index (κ1) is 19.3. The largest absolute Gasteiger partial charge is 0.382 e. The first-order valence-electron chi connectivity index (χ1n) is 9.52. The van der Waals surface area contributed by atoms with Crippen molar-refractivity contribution in [3.63, 3.8) is 0 Å². The lowest BCUT2D eigenvalue weighted by molar-refractivity contribution is 0.0617. The fourth-order valence-corrected chi connectivity index (χ4v) is 4.92. The first-order chi connectivity index (χ1) is 13.6. The summed E-state index contributed by atoms with van der Waals surface area (Å²) in [6, 6.07) is 5.07. The standard InChI is InChI=1S/C20H24FN3O3S/c1-26-6-7-27-10-13-8-14(21)3-4-15(13)19-22-18(11-28-19)12-2-5-16-17(9-12)24-20(25)23-16/h3-4,8,11-12,16-17H,2,5-7,9-10H2,1H3,(H2,23,24,25). The van der Waals surface area contributed by atoms with Crippen LogP contribution >= 0.6 is 11.3 Å². The molecule has 1 aliphatic heterocycles. The summed E-state index contributed by atoms with van der Waals surface area (Å²) in [5.74, 6) is 0.0435. The summed E-state index contributed by atoms with van der Waals surface area (Å²) in [5.41, 5.74) is 2.74. The minimum absolute atomic E-state index is 0.0703. The molecule has 3 atom stereocenters. The number of nitrogens with one attached hydrogen (secondary N) is 2. The van der Waals surface area contributed by atoms with Crippen molar-refractivity contribution >= 4 is 17.4 Å². The van der Waals surface area contributed by atoms with Crippen LogP contribution < -0.4 is 10.6 Å². The molecule has 8 heteroatoms. The molecule has 150 valence electrons. The normalized spacial score (nSPS) is 23.9. The maximum absolute atomic E-state index is 13.8. The highest BCUT2D eigenvalue weighted by molar-refractivity contribution is 7.13. The molecule has 0 radical (unpaired) electrons. The summed E-state index contributed by atoms with van der Waals surface area (Å²) in [7, 11) is 1.62. The highest BCUT2D eigenvalue weighted by atomic mass is 32.1. The number of rotatable bonds is 7. The number of aromatic nitrogens is 1. The van der Waals surface area contributed by atoms with Crippen molar-refractivity contribution in [3.05, 3.63) is 40.7 Å². The molecule has 2 fully saturated rings. The number of hydrogen-bond acceptors (Lipinski definition) is 5. The van der Waals surface area contributed by atoms with E-state index in [4.69, 9.17) is 14.5 Å². The molecule has 3 unspecified atom stereocenters. The molecule has 0 spiro atoms. The minimum atomic E-state index is -0.284. The van der Waals surface area contributed by atoms with Crippen molar-refractivity contribution in [1.29, 1.82) is 0 Å². The summed E-state index contributed by atoms with van der Waals surface area (Å²) in [6.45, 7) is 1.28.